The number of halogens is 3. The van der Waals surface area contributed by atoms with Crippen molar-refractivity contribution in [2.45, 2.75) is 13.3 Å². The first-order valence-corrected chi connectivity index (χ1v) is 5.13. The van der Waals surface area contributed by atoms with E-state index < -0.39 is 17.6 Å². The number of esters is 1. The Bertz CT molecular complexity index is 380. The second-order valence-corrected chi connectivity index (χ2v) is 3.66. The van der Waals surface area contributed by atoms with Gasteiger partial charge in [0.25, 0.3) is 0 Å². The van der Waals surface area contributed by atoms with E-state index in [-0.39, 0.29) is 18.6 Å². The maximum Gasteiger partial charge on any atom is 0.310 e. The molecule has 1 rings (SSSR count). The van der Waals surface area contributed by atoms with Crippen molar-refractivity contribution in [3.8, 4) is 0 Å². The van der Waals surface area contributed by atoms with Crippen molar-refractivity contribution in [1.29, 1.82) is 0 Å². The first-order chi connectivity index (χ1) is 7.06. The molecule has 0 spiro atoms. The molecule has 0 unspecified atom stereocenters. The van der Waals surface area contributed by atoms with Gasteiger partial charge >= 0.3 is 5.97 Å². The topological polar surface area (TPSA) is 26.3 Å². The third kappa shape index (κ3) is 2.99. The van der Waals surface area contributed by atoms with Gasteiger partial charge in [0.1, 0.15) is 0 Å². The van der Waals surface area contributed by atoms with Crippen LogP contribution in [0.3, 0.4) is 0 Å². The van der Waals surface area contributed by atoms with Gasteiger partial charge in [0.05, 0.1) is 13.0 Å². The van der Waals surface area contributed by atoms with Gasteiger partial charge in [0.2, 0.25) is 0 Å². The zero-order chi connectivity index (χ0) is 11.4. The third-order valence-electron chi connectivity index (χ3n) is 1.77. The lowest BCUT2D eigenvalue weighted by Gasteiger charge is -2.06. The van der Waals surface area contributed by atoms with E-state index in [1.54, 1.807) is 6.92 Å². The fourth-order valence-corrected chi connectivity index (χ4v) is 1.53. The van der Waals surface area contributed by atoms with E-state index in [0.717, 1.165) is 6.07 Å². The quantitative estimate of drug-likeness (QED) is 0.628. The Hall–Kier alpha value is -0.970. The lowest BCUT2D eigenvalue weighted by Crippen LogP contribution is -2.10. The highest BCUT2D eigenvalue weighted by molar-refractivity contribution is 9.10. The molecule has 2 nitrogen and oxygen atoms in total. The molecule has 0 amide bonds. The van der Waals surface area contributed by atoms with Crippen LogP contribution in [-0.2, 0) is 16.0 Å². The predicted molar refractivity (Wildman–Crippen MR) is 54.4 cm³/mol. The summed E-state index contributed by atoms with van der Waals surface area (Å²) in [6, 6.07) is 2.35. The molecule has 0 aliphatic carbocycles. The molecule has 0 bridgehead atoms. The number of benzene rings is 1. The highest BCUT2D eigenvalue weighted by atomic mass is 79.9. The largest absolute Gasteiger partial charge is 0.466 e. The van der Waals surface area contributed by atoms with Crippen LogP contribution in [0.5, 0.6) is 0 Å². The molecule has 0 atom stereocenters. The van der Waals surface area contributed by atoms with Gasteiger partial charge in [-0.1, -0.05) is 15.9 Å². The lowest BCUT2D eigenvalue weighted by atomic mass is 10.1. The summed E-state index contributed by atoms with van der Waals surface area (Å²) < 4.78 is 31.1. The highest BCUT2D eigenvalue weighted by Gasteiger charge is 2.15. The smallest absolute Gasteiger partial charge is 0.310 e. The SMILES string of the molecule is CCOC(=O)Cc1c(Br)ccc(F)c1F. The van der Waals surface area contributed by atoms with Crippen LogP contribution in [0.25, 0.3) is 0 Å². The minimum atomic E-state index is -1.02. The average molecular weight is 279 g/mol. The van der Waals surface area contributed by atoms with Crippen molar-refractivity contribution in [2.75, 3.05) is 6.61 Å². The third-order valence-corrected chi connectivity index (χ3v) is 2.51. The fourth-order valence-electron chi connectivity index (χ4n) is 1.09. The minimum absolute atomic E-state index is 0.0200. The van der Waals surface area contributed by atoms with Crippen LogP contribution in [0.15, 0.2) is 16.6 Å². The van der Waals surface area contributed by atoms with Crippen LogP contribution in [0, 0.1) is 11.6 Å². The normalized spacial score (nSPS) is 10.1. The first kappa shape index (κ1) is 12.1. The van der Waals surface area contributed by atoms with Gasteiger partial charge < -0.3 is 4.74 Å². The van der Waals surface area contributed by atoms with Gasteiger partial charge in [0.15, 0.2) is 11.6 Å². The number of ether oxygens (including phenoxy) is 1. The van der Waals surface area contributed by atoms with E-state index in [9.17, 15) is 13.6 Å². The van der Waals surface area contributed by atoms with Crippen molar-refractivity contribution >= 4 is 21.9 Å². The summed E-state index contributed by atoms with van der Waals surface area (Å²) in [5.41, 5.74) is -0.0200. The van der Waals surface area contributed by atoms with Gasteiger partial charge in [-0.05, 0) is 19.1 Å². The maximum absolute atomic E-state index is 13.3. The lowest BCUT2D eigenvalue weighted by molar-refractivity contribution is -0.142. The summed E-state index contributed by atoms with van der Waals surface area (Å²) in [7, 11) is 0. The summed E-state index contributed by atoms with van der Waals surface area (Å²) in [5.74, 6) is -2.57. The molecule has 0 aliphatic rings. The Morgan fingerprint density at radius 1 is 1.47 bits per heavy atom. The predicted octanol–water partition coefficient (Wildman–Crippen LogP) is 2.83. The molecule has 5 heteroatoms. The van der Waals surface area contributed by atoms with Crippen LogP contribution in [0.2, 0.25) is 0 Å². The molecule has 15 heavy (non-hydrogen) atoms. The van der Waals surface area contributed by atoms with E-state index in [1.165, 1.54) is 6.07 Å². The second kappa shape index (κ2) is 5.21. The number of carbonyl (C=O) groups is 1. The van der Waals surface area contributed by atoms with Gasteiger partial charge in [-0.25, -0.2) is 8.78 Å². The van der Waals surface area contributed by atoms with E-state index in [0.29, 0.717) is 4.47 Å². The van der Waals surface area contributed by atoms with E-state index in [4.69, 9.17) is 0 Å². The van der Waals surface area contributed by atoms with Crippen molar-refractivity contribution < 1.29 is 18.3 Å². The van der Waals surface area contributed by atoms with Crippen LogP contribution in [-0.4, -0.2) is 12.6 Å². The second-order valence-electron chi connectivity index (χ2n) is 2.80. The van der Waals surface area contributed by atoms with Crippen LogP contribution in [0.4, 0.5) is 8.78 Å². The molecule has 82 valence electrons. The Morgan fingerprint density at radius 3 is 2.73 bits per heavy atom. The molecule has 0 fully saturated rings. The molecular weight excluding hydrogens is 270 g/mol. The molecule has 0 saturated heterocycles. The Labute approximate surface area is 94.4 Å². The van der Waals surface area contributed by atoms with E-state index in [1.807, 2.05) is 0 Å². The molecule has 0 aliphatic heterocycles. The Balaban J connectivity index is 2.93. The highest BCUT2D eigenvalue weighted by Crippen LogP contribution is 2.22. The molecule has 0 heterocycles. The number of rotatable bonds is 3. The summed E-state index contributed by atoms with van der Waals surface area (Å²) in [6.07, 6.45) is -0.280. The van der Waals surface area contributed by atoms with Crippen molar-refractivity contribution in [3.05, 3.63) is 33.8 Å². The van der Waals surface area contributed by atoms with Gasteiger partial charge in [-0.3, -0.25) is 4.79 Å². The van der Waals surface area contributed by atoms with Gasteiger partial charge in [-0.15, -0.1) is 0 Å². The summed E-state index contributed by atoms with van der Waals surface area (Å²) in [5, 5.41) is 0. The number of carbonyl (C=O) groups excluding carboxylic acids is 1. The van der Waals surface area contributed by atoms with Gasteiger partial charge in [0, 0.05) is 10.0 Å². The van der Waals surface area contributed by atoms with Gasteiger partial charge in [-0.2, -0.15) is 0 Å². The zero-order valence-electron chi connectivity index (χ0n) is 8.02. The van der Waals surface area contributed by atoms with E-state index in [2.05, 4.69) is 20.7 Å². The summed E-state index contributed by atoms with van der Waals surface area (Å²) in [4.78, 5) is 11.1. The zero-order valence-corrected chi connectivity index (χ0v) is 9.61. The molecule has 0 radical (unpaired) electrons. The fraction of sp³-hybridized carbons (Fsp3) is 0.300. The number of hydrogen-bond acceptors (Lipinski definition) is 2. The molecular formula is C10H9BrF2O2. The molecule has 0 aromatic heterocycles. The monoisotopic (exact) mass is 278 g/mol. The van der Waals surface area contributed by atoms with Crippen molar-refractivity contribution in [1.82, 2.24) is 0 Å². The standard InChI is InChI=1S/C10H9BrF2O2/c1-2-15-9(14)5-6-7(11)3-4-8(12)10(6)13/h3-4H,2,5H2,1H3. The van der Waals surface area contributed by atoms with Crippen LogP contribution < -0.4 is 0 Å². The van der Waals surface area contributed by atoms with Crippen molar-refractivity contribution in [2.24, 2.45) is 0 Å². The molecule has 1 aromatic rings. The summed E-state index contributed by atoms with van der Waals surface area (Å²) in [6.45, 7) is 1.86. The minimum Gasteiger partial charge on any atom is -0.466 e. The van der Waals surface area contributed by atoms with Crippen LogP contribution >= 0.6 is 15.9 Å². The Kier molecular flexibility index (Phi) is 4.20. The maximum atomic E-state index is 13.3. The molecule has 1 aromatic carbocycles. The molecule has 0 N–H and O–H groups in total. The summed E-state index contributed by atoms with van der Waals surface area (Å²) >= 11 is 3.05. The number of hydrogen-bond donors (Lipinski definition) is 0. The average Bonchev–Trinajstić information content (AvgIpc) is 2.19. The van der Waals surface area contributed by atoms with Crippen LogP contribution in [0.1, 0.15) is 12.5 Å². The van der Waals surface area contributed by atoms with E-state index >= 15 is 0 Å². The first-order valence-electron chi connectivity index (χ1n) is 4.34. The molecule has 0 saturated carbocycles. The Morgan fingerprint density at radius 2 is 2.13 bits per heavy atom. The van der Waals surface area contributed by atoms with Crippen molar-refractivity contribution in [3.63, 3.8) is 0 Å².